The monoisotopic (exact) mass is 878 g/mol. The standard InChI is InChI=1S/C47H79N3O12/c1-17-35-47(14)33(23-36(51)60-47)30(5)49(41(54)61-43(6,7)8)25-27(2)24-46(13)38(29(4)37(52)45(12,20-21-56-46)40(53)58-35)59-39-28(3)34(48(15)16)22-32(57-39)26-50(31-18-19-31)42(55)62-44(9,10)11/h27-35,38-39H,17-26H2,1-16H3/t27-,28?,29+,30-,32?,33-,34?,35-,38-,39+,45-,46+,47+/m1/s1. The highest BCUT2D eigenvalue weighted by atomic mass is 16.7. The van der Waals surface area contributed by atoms with Crippen molar-refractivity contribution in [3.8, 4) is 0 Å². The number of carbonyl (C=O) groups excluding carboxylic acids is 5. The predicted octanol–water partition coefficient (Wildman–Crippen LogP) is 7.15. The van der Waals surface area contributed by atoms with E-state index in [1.165, 1.54) is 0 Å². The number of hydrogen-bond acceptors (Lipinski definition) is 13. The number of esters is 2. The Morgan fingerprint density at radius 3 is 2.13 bits per heavy atom. The Bertz CT molecular complexity index is 1660. The molecule has 0 aromatic carbocycles. The molecule has 15 nitrogen and oxygen atoms in total. The van der Waals surface area contributed by atoms with Crippen molar-refractivity contribution in [2.24, 2.45) is 29.1 Å². The molecule has 6 aliphatic rings. The van der Waals surface area contributed by atoms with Gasteiger partial charge in [0.1, 0.15) is 22.7 Å². The Morgan fingerprint density at radius 1 is 0.935 bits per heavy atom. The first-order valence-electron chi connectivity index (χ1n) is 23.1. The van der Waals surface area contributed by atoms with Gasteiger partial charge in [-0.15, -0.1) is 0 Å². The van der Waals surface area contributed by atoms with E-state index in [2.05, 4.69) is 11.8 Å². The minimum Gasteiger partial charge on any atom is -0.457 e. The quantitative estimate of drug-likeness (QED) is 0.144. The second kappa shape index (κ2) is 18.5. The van der Waals surface area contributed by atoms with Crippen LogP contribution in [0.1, 0.15) is 142 Å². The molecule has 354 valence electrons. The summed E-state index contributed by atoms with van der Waals surface area (Å²) in [6.45, 7) is 26.5. The normalized spacial score (nSPS) is 38.9. The molecule has 6 fully saturated rings. The molecule has 15 heteroatoms. The van der Waals surface area contributed by atoms with Crippen LogP contribution in [-0.4, -0.2) is 144 Å². The number of ether oxygens (including phenoxy) is 7. The summed E-state index contributed by atoms with van der Waals surface area (Å²) in [7, 11) is 4.04. The van der Waals surface area contributed by atoms with E-state index in [9.17, 15) is 19.2 Å². The molecule has 5 aliphatic heterocycles. The molecule has 0 radical (unpaired) electrons. The molecule has 0 aromatic rings. The van der Waals surface area contributed by atoms with Crippen molar-refractivity contribution in [2.45, 2.75) is 207 Å². The van der Waals surface area contributed by atoms with Gasteiger partial charge in [0.15, 0.2) is 17.7 Å². The van der Waals surface area contributed by atoms with Gasteiger partial charge >= 0.3 is 24.1 Å². The molecular weight excluding hydrogens is 799 g/mol. The highest BCUT2D eigenvalue weighted by Gasteiger charge is 2.59. The maximum absolute atomic E-state index is 15.1. The summed E-state index contributed by atoms with van der Waals surface area (Å²) < 4.78 is 45.2. The first-order chi connectivity index (χ1) is 28.5. The van der Waals surface area contributed by atoms with Crippen molar-refractivity contribution < 1.29 is 57.1 Å². The third-order valence-electron chi connectivity index (χ3n) is 14.0. The molecule has 2 bridgehead atoms. The molecular formula is C47H79N3O12. The van der Waals surface area contributed by atoms with E-state index in [0.717, 1.165) is 12.8 Å². The third kappa shape index (κ3) is 10.9. The van der Waals surface area contributed by atoms with Crippen LogP contribution in [0.3, 0.4) is 0 Å². The number of nitrogens with zero attached hydrogens (tertiary/aromatic N) is 3. The van der Waals surface area contributed by atoms with Crippen LogP contribution >= 0.6 is 0 Å². The van der Waals surface area contributed by atoms with Crippen molar-refractivity contribution in [3.63, 3.8) is 0 Å². The molecule has 3 unspecified atom stereocenters. The largest absolute Gasteiger partial charge is 0.457 e. The number of amides is 2. The SMILES string of the molecule is CC[C@H]1OC(=O)[C@]2(C)CCO[C@@](C)(C[C@@H](C)CN(C(=O)OC(C)(C)C)[C@H](C)[C@H]3CC(=O)O[C@@]31C)[C@H](O[C@@H]1OC(CN(C(=O)OC(C)(C)C)C3CC3)CC(N(C)C)C1C)[C@@H](C)C2=O. The molecule has 62 heavy (non-hydrogen) atoms. The fraction of sp³-hybridized carbons (Fsp3) is 0.894. The molecule has 5 saturated heterocycles. The summed E-state index contributed by atoms with van der Waals surface area (Å²) in [5.41, 5.74) is -5.51. The lowest BCUT2D eigenvalue weighted by atomic mass is 9.70. The summed E-state index contributed by atoms with van der Waals surface area (Å²) in [5, 5.41) is 0. The van der Waals surface area contributed by atoms with Gasteiger partial charge in [0.2, 0.25) is 0 Å². The van der Waals surface area contributed by atoms with Crippen LogP contribution in [0.2, 0.25) is 0 Å². The zero-order chi connectivity index (χ0) is 46.5. The van der Waals surface area contributed by atoms with E-state index in [-0.39, 0.29) is 61.8 Å². The Hall–Kier alpha value is -3.01. The Kier molecular flexibility index (Phi) is 14.9. The summed E-state index contributed by atoms with van der Waals surface area (Å²) in [5.74, 6) is -3.38. The molecule has 5 heterocycles. The van der Waals surface area contributed by atoms with Crippen LogP contribution in [0.5, 0.6) is 0 Å². The van der Waals surface area contributed by atoms with Gasteiger partial charge in [-0.1, -0.05) is 27.7 Å². The number of rotatable bonds is 7. The molecule has 1 aliphatic carbocycles. The highest BCUT2D eigenvalue weighted by Crippen LogP contribution is 2.46. The van der Waals surface area contributed by atoms with Crippen molar-refractivity contribution in [1.82, 2.24) is 14.7 Å². The second-order valence-electron chi connectivity index (χ2n) is 22.0. The number of hydrogen-bond donors (Lipinski definition) is 0. The molecule has 2 amide bonds. The maximum atomic E-state index is 15.1. The average Bonchev–Trinajstić information content (AvgIpc) is 3.93. The molecule has 0 aromatic heterocycles. The Balaban J connectivity index is 1.57. The van der Waals surface area contributed by atoms with Gasteiger partial charge in [-0.3, -0.25) is 14.4 Å². The highest BCUT2D eigenvalue weighted by molar-refractivity contribution is 6.04. The number of carbonyl (C=O) groups is 5. The Morgan fingerprint density at radius 2 is 1.56 bits per heavy atom. The van der Waals surface area contributed by atoms with Crippen molar-refractivity contribution >= 4 is 29.9 Å². The van der Waals surface area contributed by atoms with E-state index in [1.807, 2.05) is 83.3 Å². The lowest BCUT2D eigenvalue weighted by Gasteiger charge is -2.50. The summed E-state index contributed by atoms with van der Waals surface area (Å²) >= 11 is 0. The van der Waals surface area contributed by atoms with E-state index >= 15 is 4.79 Å². The van der Waals surface area contributed by atoms with Crippen LogP contribution in [0.15, 0.2) is 0 Å². The van der Waals surface area contributed by atoms with Crippen molar-refractivity contribution in [1.29, 1.82) is 0 Å². The smallest absolute Gasteiger partial charge is 0.410 e. The van der Waals surface area contributed by atoms with E-state index in [4.69, 9.17) is 33.2 Å². The van der Waals surface area contributed by atoms with E-state index in [1.54, 1.807) is 30.6 Å². The topological polar surface area (TPSA) is 160 Å². The average molecular weight is 878 g/mol. The fourth-order valence-corrected chi connectivity index (χ4v) is 10.5. The van der Waals surface area contributed by atoms with Gasteiger partial charge in [0.25, 0.3) is 0 Å². The van der Waals surface area contributed by atoms with Crippen LogP contribution in [0, 0.1) is 29.1 Å². The number of fused-ring (bicyclic) bond motifs is 10. The zero-order valence-electron chi connectivity index (χ0n) is 40.7. The lowest BCUT2D eigenvalue weighted by molar-refractivity contribution is -0.289. The van der Waals surface area contributed by atoms with Gasteiger partial charge in [-0.05, 0) is 128 Å². The molecule has 0 N–H and O–H groups in total. The zero-order valence-corrected chi connectivity index (χ0v) is 40.7. The minimum absolute atomic E-state index is 0.00396. The lowest BCUT2D eigenvalue weighted by Crippen LogP contribution is -2.60. The molecule has 6 rings (SSSR count). The van der Waals surface area contributed by atoms with Crippen LogP contribution < -0.4 is 0 Å². The second-order valence-corrected chi connectivity index (χ2v) is 22.0. The first kappa shape index (κ1) is 50.0. The van der Waals surface area contributed by atoms with Crippen LogP contribution in [0.4, 0.5) is 9.59 Å². The molecule has 13 atom stereocenters. The van der Waals surface area contributed by atoms with Gasteiger partial charge in [0, 0.05) is 49.0 Å². The van der Waals surface area contributed by atoms with Gasteiger partial charge in [0.05, 0.1) is 30.8 Å². The van der Waals surface area contributed by atoms with Crippen molar-refractivity contribution in [2.75, 3.05) is 33.8 Å². The summed E-state index contributed by atoms with van der Waals surface area (Å²) in [4.78, 5) is 76.3. The fourth-order valence-electron chi connectivity index (χ4n) is 10.5. The molecule has 1 saturated carbocycles. The summed E-state index contributed by atoms with van der Waals surface area (Å²) in [6.07, 6.45) is -0.846. The van der Waals surface area contributed by atoms with Gasteiger partial charge < -0.3 is 47.9 Å². The maximum Gasteiger partial charge on any atom is 0.410 e. The summed E-state index contributed by atoms with van der Waals surface area (Å²) in [6, 6.07) is -0.509. The predicted molar refractivity (Wildman–Crippen MR) is 231 cm³/mol. The minimum atomic E-state index is -1.63. The van der Waals surface area contributed by atoms with Gasteiger partial charge in [-0.2, -0.15) is 0 Å². The van der Waals surface area contributed by atoms with Crippen molar-refractivity contribution in [3.05, 3.63) is 0 Å². The van der Waals surface area contributed by atoms with Crippen LogP contribution in [0.25, 0.3) is 0 Å². The third-order valence-corrected chi connectivity index (χ3v) is 14.0. The van der Waals surface area contributed by atoms with E-state index in [0.29, 0.717) is 25.8 Å². The number of Topliss-reactive ketones (excluding diaryl/α,β-unsaturated/α-hetero) is 1. The van der Waals surface area contributed by atoms with Crippen LogP contribution in [-0.2, 0) is 47.5 Å². The molecule has 0 spiro atoms. The van der Waals surface area contributed by atoms with Gasteiger partial charge in [-0.25, -0.2) is 9.59 Å². The Labute approximate surface area is 370 Å². The van der Waals surface area contributed by atoms with E-state index < -0.39 is 88.3 Å². The first-order valence-corrected chi connectivity index (χ1v) is 23.1. The number of ketones is 1.